The highest BCUT2D eigenvalue weighted by Crippen LogP contribution is 2.19. The molecule has 0 spiro atoms. The number of primary amides is 1. The van der Waals surface area contributed by atoms with Crippen molar-refractivity contribution in [3.05, 3.63) is 23.5 Å². The van der Waals surface area contributed by atoms with Crippen LogP contribution in [0.3, 0.4) is 0 Å². The maximum atomic E-state index is 11.0. The third kappa shape index (κ3) is 1.35. The van der Waals surface area contributed by atoms with Gasteiger partial charge in [-0.15, -0.1) is 0 Å². The molecule has 3 nitrogen and oxygen atoms in total. The van der Waals surface area contributed by atoms with E-state index in [0.29, 0.717) is 11.6 Å². The molecule has 2 N–H and O–H groups in total. The van der Waals surface area contributed by atoms with Gasteiger partial charge in [0.15, 0.2) is 0 Å². The van der Waals surface area contributed by atoms with Crippen LogP contribution in [0.1, 0.15) is 35.8 Å². The lowest BCUT2D eigenvalue weighted by molar-refractivity contribution is 0.0991. The van der Waals surface area contributed by atoms with Crippen molar-refractivity contribution in [1.82, 2.24) is 4.57 Å². The summed E-state index contributed by atoms with van der Waals surface area (Å²) < 4.78 is 1.76. The van der Waals surface area contributed by atoms with Crippen LogP contribution in [0.5, 0.6) is 0 Å². The summed E-state index contributed by atoms with van der Waals surface area (Å²) in [5.41, 5.74) is 6.87. The Morgan fingerprint density at radius 2 is 2.17 bits per heavy atom. The van der Waals surface area contributed by atoms with Crippen LogP contribution in [-0.2, 0) is 7.05 Å². The first-order valence-corrected chi connectivity index (χ1v) is 3.99. The third-order valence-electron chi connectivity index (χ3n) is 1.96. The van der Waals surface area contributed by atoms with Gasteiger partial charge < -0.3 is 10.3 Å². The van der Waals surface area contributed by atoms with Gasteiger partial charge in [0, 0.05) is 13.2 Å². The number of nitrogens with zero attached hydrogens (tertiary/aromatic N) is 1. The van der Waals surface area contributed by atoms with Crippen molar-refractivity contribution in [3.8, 4) is 0 Å². The fourth-order valence-electron chi connectivity index (χ4n) is 1.33. The molecule has 0 aliphatic rings. The average Bonchev–Trinajstić information content (AvgIpc) is 2.30. The van der Waals surface area contributed by atoms with Crippen LogP contribution in [-0.4, -0.2) is 10.5 Å². The molecule has 0 radical (unpaired) electrons. The number of hydrogen-bond acceptors (Lipinski definition) is 1. The number of aryl methyl sites for hydroxylation is 1. The van der Waals surface area contributed by atoms with E-state index >= 15 is 0 Å². The Balaban J connectivity index is 3.21. The van der Waals surface area contributed by atoms with Crippen LogP contribution in [0, 0.1) is 0 Å². The van der Waals surface area contributed by atoms with Gasteiger partial charge in [-0.1, -0.05) is 13.8 Å². The van der Waals surface area contributed by atoms with Gasteiger partial charge in [-0.3, -0.25) is 4.79 Å². The smallest absolute Gasteiger partial charge is 0.265 e. The quantitative estimate of drug-likeness (QED) is 0.706. The molecule has 0 aromatic carbocycles. The van der Waals surface area contributed by atoms with Crippen molar-refractivity contribution in [3.63, 3.8) is 0 Å². The SMILES string of the molecule is CC(C)c1ccn(C)c1C(N)=O. The number of carbonyl (C=O) groups is 1. The van der Waals surface area contributed by atoms with Gasteiger partial charge in [0.25, 0.3) is 5.91 Å². The monoisotopic (exact) mass is 166 g/mol. The van der Waals surface area contributed by atoms with Gasteiger partial charge in [0.2, 0.25) is 0 Å². The number of nitrogens with two attached hydrogens (primary N) is 1. The van der Waals surface area contributed by atoms with Crippen LogP contribution < -0.4 is 5.73 Å². The lowest BCUT2D eigenvalue weighted by Gasteiger charge is -2.05. The summed E-state index contributed by atoms with van der Waals surface area (Å²) in [4.78, 5) is 11.0. The van der Waals surface area contributed by atoms with Crippen molar-refractivity contribution in [2.75, 3.05) is 0 Å². The summed E-state index contributed by atoms with van der Waals surface area (Å²) in [5, 5.41) is 0. The minimum Gasteiger partial charge on any atom is -0.364 e. The Kier molecular flexibility index (Phi) is 2.22. The maximum absolute atomic E-state index is 11.0. The topological polar surface area (TPSA) is 48.0 Å². The fourth-order valence-corrected chi connectivity index (χ4v) is 1.33. The maximum Gasteiger partial charge on any atom is 0.265 e. The molecular weight excluding hydrogens is 152 g/mol. The fraction of sp³-hybridized carbons (Fsp3) is 0.444. The highest BCUT2D eigenvalue weighted by Gasteiger charge is 2.14. The first-order valence-electron chi connectivity index (χ1n) is 3.99. The summed E-state index contributed by atoms with van der Waals surface area (Å²) in [6.07, 6.45) is 1.86. The second-order valence-electron chi connectivity index (χ2n) is 3.25. The van der Waals surface area contributed by atoms with E-state index in [2.05, 4.69) is 0 Å². The molecule has 0 bridgehead atoms. The number of rotatable bonds is 2. The van der Waals surface area contributed by atoms with E-state index in [0.717, 1.165) is 5.56 Å². The summed E-state index contributed by atoms with van der Waals surface area (Å²) in [6.45, 7) is 4.09. The first-order chi connectivity index (χ1) is 5.54. The molecule has 0 aliphatic carbocycles. The molecule has 0 saturated carbocycles. The van der Waals surface area contributed by atoms with E-state index in [1.165, 1.54) is 0 Å². The van der Waals surface area contributed by atoms with Crippen LogP contribution in [0.2, 0.25) is 0 Å². The van der Waals surface area contributed by atoms with Gasteiger partial charge in [-0.2, -0.15) is 0 Å². The Morgan fingerprint density at radius 3 is 2.50 bits per heavy atom. The summed E-state index contributed by atoms with van der Waals surface area (Å²) >= 11 is 0. The Morgan fingerprint density at radius 1 is 1.58 bits per heavy atom. The van der Waals surface area contributed by atoms with Gasteiger partial charge in [0.05, 0.1) is 0 Å². The van der Waals surface area contributed by atoms with E-state index < -0.39 is 0 Å². The van der Waals surface area contributed by atoms with E-state index in [9.17, 15) is 4.79 Å². The second-order valence-corrected chi connectivity index (χ2v) is 3.25. The zero-order valence-electron chi connectivity index (χ0n) is 7.66. The molecule has 0 fully saturated rings. The first kappa shape index (κ1) is 8.84. The predicted octanol–water partition coefficient (Wildman–Crippen LogP) is 1.25. The largest absolute Gasteiger partial charge is 0.364 e. The van der Waals surface area contributed by atoms with Crippen LogP contribution >= 0.6 is 0 Å². The number of hydrogen-bond donors (Lipinski definition) is 1. The standard InChI is InChI=1S/C9H14N2O/c1-6(2)7-4-5-11(3)8(7)9(10)12/h4-6H,1-3H3,(H2,10,12). The number of carbonyl (C=O) groups excluding carboxylic acids is 1. The Labute approximate surface area is 72.2 Å². The molecule has 0 unspecified atom stereocenters. The number of amides is 1. The van der Waals surface area contributed by atoms with Crippen LogP contribution in [0.4, 0.5) is 0 Å². The molecule has 0 aliphatic heterocycles. The van der Waals surface area contributed by atoms with Crippen LogP contribution in [0.15, 0.2) is 12.3 Å². The third-order valence-corrected chi connectivity index (χ3v) is 1.96. The normalized spacial score (nSPS) is 10.7. The molecule has 1 heterocycles. The molecule has 1 amide bonds. The minimum absolute atomic E-state index is 0.341. The van der Waals surface area contributed by atoms with Crippen LogP contribution in [0.25, 0.3) is 0 Å². The second kappa shape index (κ2) is 3.01. The van der Waals surface area contributed by atoms with Gasteiger partial charge in [-0.05, 0) is 17.5 Å². The molecule has 1 aromatic heterocycles. The Bertz CT molecular complexity index is 299. The van der Waals surface area contributed by atoms with E-state index in [1.807, 2.05) is 33.2 Å². The van der Waals surface area contributed by atoms with Gasteiger partial charge in [0.1, 0.15) is 5.69 Å². The van der Waals surface area contributed by atoms with Crippen molar-refractivity contribution in [2.45, 2.75) is 19.8 Å². The molecule has 3 heteroatoms. The lowest BCUT2D eigenvalue weighted by atomic mass is 10.0. The van der Waals surface area contributed by atoms with Crippen molar-refractivity contribution in [1.29, 1.82) is 0 Å². The molecule has 1 rings (SSSR count). The van der Waals surface area contributed by atoms with E-state index in [4.69, 9.17) is 5.73 Å². The van der Waals surface area contributed by atoms with E-state index in [1.54, 1.807) is 4.57 Å². The highest BCUT2D eigenvalue weighted by molar-refractivity contribution is 5.93. The van der Waals surface area contributed by atoms with Crippen molar-refractivity contribution in [2.24, 2.45) is 12.8 Å². The van der Waals surface area contributed by atoms with Crippen molar-refractivity contribution < 1.29 is 4.79 Å². The van der Waals surface area contributed by atoms with Crippen molar-refractivity contribution >= 4 is 5.91 Å². The zero-order chi connectivity index (χ0) is 9.30. The molecule has 12 heavy (non-hydrogen) atoms. The number of aromatic nitrogens is 1. The Hall–Kier alpha value is -1.25. The van der Waals surface area contributed by atoms with Gasteiger partial charge in [-0.25, -0.2) is 0 Å². The minimum atomic E-state index is -0.355. The summed E-state index contributed by atoms with van der Waals surface area (Å²) in [7, 11) is 1.83. The summed E-state index contributed by atoms with van der Waals surface area (Å²) in [6, 6.07) is 1.94. The lowest BCUT2D eigenvalue weighted by Crippen LogP contribution is -2.17. The van der Waals surface area contributed by atoms with E-state index in [-0.39, 0.29) is 5.91 Å². The molecular formula is C9H14N2O. The summed E-state index contributed by atoms with van der Waals surface area (Å²) in [5.74, 6) is -0.0140. The zero-order valence-corrected chi connectivity index (χ0v) is 7.66. The van der Waals surface area contributed by atoms with Gasteiger partial charge >= 0.3 is 0 Å². The molecule has 0 saturated heterocycles. The molecule has 1 aromatic rings. The predicted molar refractivity (Wildman–Crippen MR) is 48.0 cm³/mol. The molecule has 0 atom stereocenters. The highest BCUT2D eigenvalue weighted by atomic mass is 16.1. The molecule has 66 valence electrons. The average molecular weight is 166 g/mol.